The van der Waals surface area contributed by atoms with Crippen molar-refractivity contribution in [3.05, 3.63) is 23.0 Å². The number of allylic oxidation sites excluding steroid dienone is 2. The average Bonchev–Trinajstić information content (AvgIpc) is 2.20. The standard InChI is InChI=1S/C11H18ClN3/c1-9-10(3-4-11(12)13-9)15-7-5-14(2)6-8-15/h3-4,9,13H,5-8H2,1-2H3. The molecule has 0 saturated carbocycles. The highest BCUT2D eigenvalue weighted by molar-refractivity contribution is 6.29. The van der Waals surface area contributed by atoms with Crippen molar-refractivity contribution in [2.75, 3.05) is 33.2 Å². The van der Waals surface area contributed by atoms with E-state index in [1.807, 2.05) is 6.08 Å². The van der Waals surface area contributed by atoms with Crippen molar-refractivity contribution in [2.45, 2.75) is 13.0 Å². The van der Waals surface area contributed by atoms with Crippen LogP contribution in [0.15, 0.2) is 23.0 Å². The summed E-state index contributed by atoms with van der Waals surface area (Å²) in [5.41, 5.74) is 1.35. The average molecular weight is 228 g/mol. The number of likely N-dealkylation sites (N-methyl/N-ethyl adjacent to an activating group) is 1. The normalized spacial score (nSPS) is 28.2. The largest absolute Gasteiger partial charge is 0.371 e. The quantitative estimate of drug-likeness (QED) is 0.679. The van der Waals surface area contributed by atoms with Crippen molar-refractivity contribution in [3.63, 3.8) is 0 Å². The van der Waals surface area contributed by atoms with E-state index in [1.54, 1.807) is 0 Å². The Labute approximate surface area is 96.4 Å². The van der Waals surface area contributed by atoms with Gasteiger partial charge in [0.05, 0.1) is 6.04 Å². The number of hydrogen-bond donors (Lipinski definition) is 1. The molecule has 1 unspecified atom stereocenters. The first-order valence-corrected chi connectivity index (χ1v) is 5.82. The Morgan fingerprint density at radius 2 is 1.93 bits per heavy atom. The summed E-state index contributed by atoms with van der Waals surface area (Å²) in [6.07, 6.45) is 4.07. The molecule has 2 aliphatic heterocycles. The highest BCUT2D eigenvalue weighted by Crippen LogP contribution is 2.18. The van der Waals surface area contributed by atoms with Gasteiger partial charge in [0.15, 0.2) is 0 Å². The van der Waals surface area contributed by atoms with Crippen LogP contribution in [0.2, 0.25) is 0 Å². The molecular weight excluding hydrogens is 210 g/mol. The number of piperazine rings is 1. The van der Waals surface area contributed by atoms with E-state index in [-0.39, 0.29) is 0 Å². The van der Waals surface area contributed by atoms with Gasteiger partial charge in [0, 0.05) is 31.9 Å². The summed E-state index contributed by atoms with van der Waals surface area (Å²) in [7, 11) is 2.17. The molecule has 0 aromatic rings. The predicted octanol–water partition coefficient (Wildman–Crippen LogP) is 1.19. The third-order valence-electron chi connectivity index (χ3n) is 3.07. The number of rotatable bonds is 1. The minimum atomic E-state index is 0.325. The van der Waals surface area contributed by atoms with E-state index in [2.05, 4.69) is 35.2 Å². The van der Waals surface area contributed by atoms with E-state index in [4.69, 9.17) is 11.6 Å². The van der Waals surface area contributed by atoms with Gasteiger partial charge in [0.2, 0.25) is 0 Å². The molecule has 0 bridgehead atoms. The van der Waals surface area contributed by atoms with Crippen LogP contribution in [0, 0.1) is 0 Å². The SMILES string of the molecule is CC1NC(Cl)=CC=C1N1CCN(C)CC1. The molecule has 84 valence electrons. The van der Waals surface area contributed by atoms with Crippen molar-refractivity contribution >= 4 is 11.6 Å². The van der Waals surface area contributed by atoms with Crippen LogP contribution in [0.1, 0.15) is 6.92 Å². The first-order valence-electron chi connectivity index (χ1n) is 5.44. The van der Waals surface area contributed by atoms with E-state index in [1.165, 1.54) is 5.70 Å². The van der Waals surface area contributed by atoms with Gasteiger partial charge < -0.3 is 15.1 Å². The topological polar surface area (TPSA) is 18.5 Å². The van der Waals surface area contributed by atoms with E-state index >= 15 is 0 Å². The molecule has 15 heavy (non-hydrogen) atoms. The highest BCUT2D eigenvalue weighted by atomic mass is 35.5. The molecule has 0 aliphatic carbocycles. The zero-order valence-corrected chi connectivity index (χ0v) is 10.1. The van der Waals surface area contributed by atoms with Crippen molar-refractivity contribution in [3.8, 4) is 0 Å². The minimum absolute atomic E-state index is 0.325. The summed E-state index contributed by atoms with van der Waals surface area (Å²) in [6, 6.07) is 0.325. The van der Waals surface area contributed by atoms with Gasteiger partial charge in [-0.05, 0) is 26.1 Å². The van der Waals surface area contributed by atoms with Gasteiger partial charge in [-0.2, -0.15) is 0 Å². The molecule has 0 aromatic heterocycles. The lowest BCUT2D eigenvalue weighted by Gasteiger charge is -2.38. The van der Waals surface area contributed by atoms with Crippen molar-refractivity contribution in [2.24, 2.45) is 0 Å². The second-order valence-corrected chi connectivity index (χ2v) is 4.67. The molecule has 2 aliphatic rings. The number of hydrogen-bond acceptors (Lipinski definition) is 3. The van der Waals surface area contributed by atoms with Gasteiger partial charge in [0.25, 0.3) is 0 Å². The summed E-state index contributed by atoms with van der Waals surface area (Å²) in [5.74, 6) is 0. The molecule has 0 spiro atoms. The molecular formula is C11H18ClN3. The van der Waals surface area contributed by atoms with Crippen molar-refractivity contribution < 1.29 is 0 Å². The lowest BCUT2D eigenvalue weighted by molar-refractivity contribution is 0.178. The van der Waals surface area contributed by atoms with Crippen LogP contribution in [0.3, 0.4) is 0 Å². The molecule has 2 heterocycles. The lowest BCUT2D eigenvalue weighted by Crippen LogP contribution is -2.47. The number of dihydropyridines is 1. The number of nitrogens with zero attached hydrogens (tertiary/aromatic N) is 2. The Morgan fingerprint density at radius 3 is 2.53 bits per heavy atom. The van der Waals surface area contributed by atoms with Crippen LogP contribution in [0.25, 0.3) is 0 Å². The zero-order chi connectivity index (χ0) is 10.8. The maximum Gasteiger partial charge on any atom is 0.102 e. The fraction of sp³-hybridized carbons (Fsp3) is 0.636. The van der Waals surface area contributed by atoms with Crippen LogP contribution in [0.4, 0.5) is 0 Å². The van der Waals surface area contributed by atoms with Crippen molar-refractivity contribution in [1.82, 2.24) is 15.1 Å². The second-order valence-electron chi connectivity index (χ2n) is 4.26. The third-order valence-corrected chi connectivity index (χ3v) is 3.30. The molecule has 0 amide bonds. The zero-order valence-electron chi connectivity index (χ0n) is 9.33. The number of nitrogens with one attached hydrogen (secondary N) is 1. The molecule has 2 rings (SSSR count). The Kier molecular flexibility index (Phi) is 3.22. The Bertz CT molecular complexity index is 290. The van der Waals surface area contributed by atoms with Gasteiger partial charge in [-0.25, -0.2) is 0 Å². The number of halogens is 1. The maximum atomic E-state index is 5.92. The lowest BCUT2D eigenvalue weighted by atomic mass is 10.1. The van der Waals surface area contributed by atoms with Gasteiger partial charge in [0.1, 0.15) is 5.16 Å². The van der Waals surface area contributed by atoms with Crippen molar-refractivity contribution in [1.29, 1.82) is 0 Å². The van der Waals surface area contributed by atoms with Crippen LogP contribution >= 0.6 is 11.6 Å². The van der Waals surface area contributed by atoms with Crippen LogP contribution in [-0.2, 0) is 0 Å². The van der Waals surface area contributed by atoms with Crippen LogP contribution in [0.5, 0.6) is 0 Å². The van der Waals surface area contributed by atoms with Gasteiger partial charge in [-0.15, -0.1) is 0 Å². The molecule has 1 fully saturated rings. The third kappa shape index (κ3) is 2.47. The summed E-state index contributed by atoms with van der Waals surface area (Å²) >= 11 is 5.92. The predicted molar refractivity (Wildman–Crippen MR) is 63.7 cm³/mol. The summed E-state index contributed by atoms with van der Waals surface area (Å²) < 4.78 is 0. The fourth-order valence-electron chi connectivity index (χ4n) is 2.08. The molecule has 3 nitrogen and oxygen atoms in total. The molecule has 0 radical (unpaired) electrons. The molecule has 1 saturated heterocycles. The van der Waals surface area contributed by atoms with E-state index in [0.717, 1.165) is 31.3 Å². The van der Waals surface area contributed by atoms with Crippen LogP contribution in [-0.4, -0.2) is 49.1 Å². The fourth-order valence-corrected chi connectivity index (χ4v) is 2.30. The van der Waals surface area contributed by atoms with Gasteiger partial charge in [-0.1, -0.05) is 11.6 Å². The monoisotopic (exact) mass is 227 g/mol. The van der Waals surface area contributed by atoms with Gasteiger partial charge in [-0.3, -0.25) is 0 Å². The van der Waals surface area contributed by atoms with Gasteiger partial charge >= 0.3 is 0 Å². The van der Waals surface area contributed by atoms with E-state index in [0.29, 0.717) is 6.04 Å². The van der Waals surface area contributed by atoms with E-state index in [9.17, 15) is 0 Å². The first-order chi connectivity index (χ1) is 7.16. The highest BCUT2D eigenvalue weighted by Gasteiger charge is 2.21. The smallest absolute Gasteiger partial charge is 0.102 e. The summed E-state index contributed by atoms with van der Waals surface area (Å²) in [5, 5.41) is 3.98. The molecule has 1 atom stereocenters. The maximum absolute atomic E-state index is 5.92. The Hall–Kier alpha value is -0.670. The summed E-state index contributed by atoms with van der Waals surface area (Å²) in [4.78, 5) is 4.80. The molecule has 4 heteroatoms. The summed E-state index contributed by atoms with van der Waals surface area (Å²) in [6.45, 7) is 6.65. The minimum Gasteiger partial charge on any atom is -0.371 e. The van der Waals surface area contributed by atoms with E-state index < -0.39 is 0 Å². The molecule has 1 N–H and O–H groups in total. The molecule has 0 aromatic carbocycles. The Balaban J connectivity index is 2.04. The first kappa shape index (κ1) is 10.8. The van der Waals surface area contributed by atoms with Crippen LogP contribution < -0.4 is 5.32 Å². The Morgan fingerprint density at radius 1 is 1.27 bits per heavy atom. The second kappa shape index (κ2) is 4.45.